The van der Waals surface area contributed by atoms with Crippen LogP contribution < -0.4 is 5.56 Å². The molecule has 0 aliphatic rings. The molecular weight excluding hydrogens is 328 g/mol. The number of nitrogens with one attached hydrogen (secondary N) is 1. The number of aromatic amines is 1. The second kappa shape index (κ2) is 5.97. The lowest BCUT2D eigenvalue weighted by atomic mass is 10.2. The van der Waals surface area contributed by atoms with Gasteiger partial charge in [0.25, 0.3) is 16.7 Å². The minimum absolute atomic E-state index is 0.160. The zero-order valence-electron chi connectivity index (χ0n) is 12.6. The molecule has 0 bridgehead atoms. The zero-order valence-corrected chi connectivity index (χ0v) is 13.4. The van der Waals surface area contributed by atoms with Gasteiger partial charge in [-0.2, -0.15) is 0 Å². The maximum Gasteiger partial charge on any atom is 0.284 e. The highest BCUT2D eigenvalue weighted by Gasteiger charge is 2.17. The van der Waals surface area contributed by atoms with E-state index in [4.69, 9.17) is 8.83 Å². The summed E-state index contributed by atoms with van der Waals surface area (Å²) in [5.41, 5.74) is 0.496. The highest BCUT2D eigenvalue weighted by molar-refractivity contribution is 7.99. The minimum atomic E-state index is -0.162. The van der Waals surface area contributed by atoms with Crippen molar-refractivity contribution in [2.24, 2.45) is 0 Å². The van der Waals surface area contributed by atoms with Crippen molar-refractivity contribution in [3.05, 3.63) is 58.8 Å². The van der Waals surface area contributed by atoms with Gasteiger partial charge in [-0.25, -0.2) is 4.98 Å². The van der Waals surface area contributed by atoms with Crippen LogP contribution in [0.5, 0.6) is 0 Å². The average Bonchev–Trinajstić information content (AvgIpc) is 3.26. The van der Waals surface area contributed by atoms with E-state index in [-0.39, 0.29) is 10.8 Å². The van der Waals surface area contributed by atoms with E-state index >= 15 is 0 Å². The molecule has 0 saturated heterocycles. The molecule has 4 rings (SSSR count). The van der Waals surface area contributed by atoms with Crippen LogP contribution in [0.2, 0.25) is 0 Å². The SMILES string of the molecule is CC(Sc1nnc(-c2ccco2)o1)c1nc2ccccc2c(=O)[nH]1. The fourth-order valence-electron chi connectivity index (χ4n) is 2.26. The molecule has 0 spiro atoms. The summed E-state index contributed by atoms with van der Waals surface area (Å²) < 4.78 is 10.8. The van der Waals surface area contributed by atoms with Crippen molar-refractivity contribution >= 4 is 22.7 Å². The first-order valence-electron chi connectivity index (χ1n) is 7.24. The summed E-state index contributed by atoms with van der Waals surface area (Å²) in [6.07, 6.45) is 1.54. The van der Waals surface area contributed by atoms with Gasteiger partial charge in [0, 0.05) is 0 Å². The molecule has 8 heteroatoms. The largest absolute Gasteiger partial charge is 0.459 e. The third-order valence-corrected chi connectivity index (χ3v) is 4.38. The van der Waals surface area contributed by atoms with E-state index in [0.29, 0.717) is 33.6 Å². The molecule has 3 heterocycles. The number of aromatic nitrogens is 4. The summed E-state index contributed by atoms with van der Waals surface area (Å²) in [5, 5.41) is 8.72. The van der Waals surface area contributed by atoms with Crippen LogP contribution in [-0.2, 0) is 0 Å². The van der Waals surface area contributed by atoms with Gasteiger partial charge in [0.15, 0.2) is 5.76 Å². The van der Waals surface area contributed by atoms with E-state index in [2.05, 4.69) is 20.2 Å². The monoisotopic (exact) mass is 340 g/mol. The third-order valence-electron chi connectivity index (χ3n) is 3.43. The van der Waals surface area contributed by atoms with Crippen molar-refractivity contribution in [2.45, 2.75) is 17.4 Å². The second-order valence-corrected chi connectivity index (χ2v) is 6.37. The number of fused-ring (bicyclic) bond motifs is 1. The van der Waals surface area contributed by atoms with Gasteiger partial charge in [-0.3, -0.25) is 4.79 Å². The number of H-pyrrole nitrogens is 1. The van der Waals surface area contributed by atoms with Crippen molar-refractivity contribution in [3.63, 3.8) is 0 Å². The van der Waals surface area contributed by atoms with Gasteiger partial charge in [-0.05, 0) is 31.2 Å². The lowest BCUT2D eigenvalue weighted by Gasteiger charge is -2.08. The Balaban J connectivity index is 1.60. The number of benzene rings is 1. The van der Waals surface area contributed by atoms with Crippen molar-refractivity contribution < 1.29 is 8.83 Å². The first-order valence-corrected chi connectivity index (χ1v) is 8.11. The predicted molar refractivity (Wildman–Crippen MR) is 88.6 cm³/mol. The molecule has 1 aromatic carbocycles. The van der Waals surface area contributed by atoms with Crippen LogP contribution in [0.15, 0.2) is 61.5 Å². The van der Waals surface area contributed by atoms with Crippen molar-refractivity contribution in [1.29, 1.82) is 0 Å². The highest BCUT2D eigenvalue weighted by Crippen LogP contribution is 2.33. The number of furan rings is 1. The van der Waals surface area contributed by atoms with Crippen molar-refractivity contribution in [3.8, 4) is 11.7 Å². The summed E-state index contributed by atoms with van der Waals surface area (Å²) >= 11 is 1.32. The topological polar surface area (TPSA) is 97.8 Å². The van der Waals surface area contributed by atoms with Crippen LogP contribution in [0.3, 0.4) is 0 Å². The standard InChI is InChI=1S/C16H12N4O3S/c1-9(13-17-11-6-3-2-5-10(11)14(21)18-13)24-16-20-19-15(23-16)12-7-4-8-22-12/h2-9H,1H3,(H,17,18,21). The summed E-state index contributed by atoms with van der Waals surface area (Å²) in [4.78, 5) is 19.5. The van der Waals surface area contributed by atoms with E-state index in [1.54, 1.807) is 24.5 Å². The van der Waals surface area contributed by atoms with Crippen LogP contribution in [0.25, 0.3) is 22.6 Å². The molecule has 0 aliphatic carbocycles. The summed E-state index contributed by atoms with van der Waals surface area (Å²) in [6, 6.07) is 10.7. The Morgan fingerprint density at radius 2 is 2.04 bits per heavy atom. The Labute approximate surface area is 140 Å². The van der Waals surface area contributed by atoms with Gasteiger partial charge in [0.05, 0.1) is 22.4 Å². The van der Waals surface area contributed by atoms with Gasteiger partial charge >= 0.3 is 0 Å². The fraction of sp³-hybridized carbons (Fsp3) is 0.125. The number of hydrogen-bond acceptors (Lipinski definition) is 7. The Hall–Kier alpha value is -2.87. The molecule has 1 unspecified atom stereocenters. The molecule has 1 N–H and O–H groups in total. The van der Waals surface area contributed by atoms with Crippen LogP contribution in [0.4, 0.5) is 0 Å². The molecule has 0 fully saturated rings. The first-order chi connectivity index (χ1) is 11.7. The Kier molecular flexibility index (Phi) is 3.66. The number of thioether (sulfide) groups is 1. The zero-order chi connectivity index (χ0) is 16.5. The molecule has 0 radical (unpaired) electrons. The fourth-order valence-corrected chi connectivity index (χ4v) is 3.00. The average molecular weight is 340 g/mol. The molecule has 3 aromatic heterocycles. The van der Waals surface area contributed by atoms with Gasteiger partial charge in [0.2, 0.25) is 0 Å². The third kappa shape index (κ3) is 2.71. The normalized spacial score (nSPS) is 12.5. The maximum absolute atomic E-state index is 12.1. The number of para-hydroxylation sites is 1. The second-order valence-electron chi connectivity index (χ2n) is 5.08. The molecule has 4 aromatic rings. The molecular formula is C16H12N4O3S. The number of hydrogen-bond donors (Lipinski definition) is 1. The van der Waals surface area contributed by atoms with Crippen LogP contribution in [-0.4, -0.2) is 20.2 Å². The summed E-state index contributed by atoms with van der Waals surface area (Å²) in [5.74, 6) is 1.38. The van der Waals surface area contributed by atoms with Gasteiger partial charge in [-0.1, -0.05) is 23.9 Å². The lowest BCUT2D eigenvalue weighted by molar-refractivity contribution is 0.446. The predicted octanol–water partition coefficient (Wildman–Crippen LogP) is 3.42. The summed E-state index contributed by atoms with van der Waals surface area (Å²) in [7, 11) is 0. The molecule has 7 nitrogen and oxygen atoms in total. The van der Waals surface area contributed by atoms with E-state index in [1.807, 2.05) is 25.1 Å². The van der Waals surface area contributed by atoms with E-state index in [0.717, 1.165) is 0 Å². The van der Waals surface area contributed by atoms with Crippen LogP contribution in [0, 0.1) is 0 Å². The molecule has 0 saturated carbocycles. The lowest BCUT2D eigenvalue weighted by Crippen LogP contribution is -2.12. The minimum Gasteiger partial charge on any atom is -0.459 e. The van der Waals surface area contributed by atoms with Crippen LogP contribution >= 0.6 is 11.8 Å². The molecule has 0 aliphatic heterocycles. The number of rotatable bonds is 4. The van der Waals surface area contributed by atoms with Gasteiger partial charge in [0.1, 0.15) is 5.82 Å². The number of nitrogens with zero attached hydrogens (tertiary/aromatic N) is 3. The first kappa shape index (κ1) is 14.7. The summed E-state index contributed by atoms with van der Waals surface area (Å²) in [6.45, 7) is 1.91. The Morgan fingerprint density at radius 1 is 1.17 bits per heavy atom. The quantitative estimate of drug-likeness (QED) is 0.568. The molecule has 1 atom stereocenters. The van der Waals surface area contributed by atoms with Gasteiger partial charge < -0.3 is 13.8 Å². The Bertz CT molecular complexity index is 1040. The van der Waals surface area contributed by atoms with Crippen molar-refractivity contribution in [1.82, 2.24) is 20.2 Å². The van der Waals surface area contributed by atoms with E-state index in [9.17, 15) is 4.79 Å². The molecule has 0 amide bonds. The Morgan fingerprint density at radius 3 is 2.88 bits per heavy atom. The van der Waals surface area contributed by atoms with Crippen LogP contribution in [0.1, 0.15) is 18.0 Å². The van der Waals surface area contributed by atoms with E-state index < -0.39 is 0 Å². The van der Waals surface area contributed by atoms with E-state index in [1.165, 1.54) is 11.8 Å². The smallest absolute Gasteiger partial charge is 0.284 e. The van der Waals surface area contributed by atoms with Crippen molar-refractivity contribution in [2.75, 3.05) is 0 Å². The van der Waals surface area contributed by atoms with Gasteiger partial charge in [-0.15, -0.1) is 10.2 Å². The maximum atomic E-state index is 12.1. The molecule has 24 heavy (non-hydrogen) atoms. The molecule has 120 valence electrons. The highest BCUT2D eigenvalue weighted by atomic mass is 32.2.